The van der Waals surface area contributed by atoms with Crippen molar-refractivity contribution >= 4 is 17.6 Å². The number of ether oxygens (including phenoxy) is 1. The Morgan fingerprint density at radius 1 is 1.33 bits per heavy atom. The minimum absolute atomic E-state index is 0.257. The molecule has 1 aromatic rings. The first kappa shape index (κ1) is 11.8. The fourth-order valence-corrected chi connectivity index (χ4v) is 1.03. The molecule has 6 heteroatoms. The number of benzene rings is 1. The fraction of sp³-hybridized carbons (Fsp3) is 0.222. The van der Waals surface area contributed by atoms with Crippen LogP contribution >= 0.6 is 11.6 Å². The summed E-state index contributed by atoms with van der Waals surface area (Å²) in [6.07, 6.45) is -4.97. The van der Waals surface area contributed by atoms with Gasteiger partial charge >= 0.3 is 12.1 Å². The van der Waals surface area contributed by atoms with Crippen molar-refractivity contribution in [2.75, 3.05) is 0 Å². The fourth-order valence-electron chi connectivity index (χ4n) is 0.841. The summed E-state index contributed by atoms with van der Waals surface area (Å²) in [6, 6.07) is 6.18. The van der Waals surface area contributed by atoms with Gasteiger partial charge in [0.05, 0.1) is 0 Å². The van der Waals surface area contributed by atoms with Crippen LogP contribution in [0.2, 0.25) is 5.02 Å². The molecule has 0 aromatic heterocycles. The molecular formula is C9H6ClF3O2. The van der Waals surface area contributed by atoms with Gasteiger partial charge in [-0.2, -0.15) is 13.2 Å². The predicted octanol–water partition coefficient (Wildman–Crippen LogP) is 2.95. The van der Waals surface area contributed by atoms with Crippen molar-refractivity contribution in [3.05, 3.63) is 34.9 Å². The highest BCUT2D eigenvalue weighted by atomic mass is 35.5. The number of hydrogen-bond donors (Lipinski definition) is 0. The van der Waals surface area contributed by atoms with E-state index in [9.17, 15) is 18.0 Å². The van der Waals surface area contributed by atoms with Crippen LogP contribution in [0.3, 0.4) is 0 Å². The molecule has 1 aromatic carbocycles. The molecular weight excluding hydrogens is 233 g/mol. The lowest BCUT2D eigenvalue weighted by Crippen LogP contribution is -2.25. The summed E-state index contributed by atoms with van der Waals surface area (Å²) in [7, 11) is 0. The van der Waals surface area contributed by atoms with E-state index >= 15 is 0 Å². The standard InChI is InChI=1S/C9H6ClF3O2/c10-7-4-2-1-3-6(7)5-15-8(14)9(11,12)13/h1-4H,5H2. The SMILES string of the molecule is O=C(OCc1ccccc1Cl)C(F)(F)F. The highest BCUT2D eigenvalue weighted by Crippen LogP contribution is 2.20. The third-order valence-corrected chi connectivity index (χ3v) is 1.92. The van der Waals surface area contributed by atoms with E-state index in [0.29, 0.717) is 5.56 Å². The van der Waals surface area contributed by atoms with Crippen molar-refractivity contribution in [3.63, 3.8) is 0 Å². The van der Waals surface area contributed by atoms with Crippen molar-refractivity contribution in [2.24, 2.45) is 0 Å². The molecule has 0 bridgehead atoms. The van der Waals surface area contributed by atoms with Crippen molar-refractivity contribution in [3.8, 4) is 0 Å². The van der Waals surface area contributed by atoms with Gasteiger partial charge < -0.3 is 4.74 Å². The van der Waals surface area contributed by atoms with E-state index in [1.807, 2.05) is 0 Å². The summed E-state index contributed by atoms with van der Waals surface area (Å²) in [4.78, 5) is 10.4. The molecule has 0 atom stereocenters. The van der Waals surface area contributed by atoms with Crippen LogP contribution in [0.25, 0.3) is 0 Å². The molecule has 0 fully saturated rings. The summed E-state index contributed by atoms with van der Waals surface area (Å²) in [5.41, 5.74) is 0.330. The lowest BCUT2D eigenvalue weighted by molar-refractivity contribution is -0.201. The quantitative estimate of drug-likeness (QED) is 0.741. The molecule has 0 N–H and O–H groups in total. The molecule has 0 saturated heterocycles. The Balaban J connectivity index is 2.59. The first-order valence-electron chi connectivity index (χ1n) is 3.88. The first-order valence-corrected chi connectivity index (χ1v) is 4.26. The Labute approximate surface area is 88.6 Å². The predicted molar refractivity (Wildman–Crippen MR) is 47.3 cm³/mol. The number of carbonyl (C=O) groups excluding carboxylic acids is 1. The Morgan fingerprint density at radius 2 is 1.93 bits per heavy atom. The summed E-state index contributed by atoms with van der Waals surface area (Å²) in [5, 5.41) is 0.257. The zero-order valence-corrected chi connectivity index (χ0v) is 8.10. The summed E-state index contributed by atoms with van der Waals surface area (Å²) >= 11 is 5.65. The molecule has 0 aliphatic heterocycles. The van der Waals surface area contributed by atoms with Crippen LogP contribution in [-0.2, 0) is 16.1 Å². The van der Waals surface area contributed by atoms with E-state index in [2.05, 4.69) is 4.74 Å². The largest absolute Gasteiger partial charge is 0.490 e. The maximum Gasteiger partial charge on any atom is 0.490 e. The normalized spacial score (nSPS) is 11.2. The van der Waals surface area contributed by atoms with E-state index in [-0.39, 0.29) is 5.02 Å². The van der Waals surface area contributed by atoms with Crippen molar-refractivity contribution in [2.45, 2.75) is 12.8 Å². The molecule has 0 heterocycles. The molecule has 2 nitrogen and oxygen atoms in total. The van der Waals surface area contributed by atoms with Gasteiger partial charge in [0.2, 0.25) is 0 Å². The van der Waals surface area contributed by atoms with Gasteiger partial charge in [-0.25, -0.2) is 4.79 Å². The van der Waals surface area contributed by atoms with Crippen LogP contribution in [0.4, 0.5) is 13.2 Å². The first-order chi connectivity index (χ1) is 6.91. The summed E-state index contributed by atoms with van der Waals surface area (Å²) in [6.45, 7) is -0.488. The van der Waals surface area contributed by atoms with Gasteiger partial charge in [0.25, 0.3) is 0 Å². The maximum absolute atomic E-state index is 11.7. The van der Waals surface area contributed by atoms with Crippen LogP contribution in [0.5, 0.6) is 0 Å². The van der Waals surface area contributed by atoms with Gasteiger partial charge in [0.15, 0.2) is 0 Å². The van der Waals surface area contributed by atoms with Crippen molar-refractivity contribution in [1.29, 1.82) is 0 Å². The number of rotatable bonds is 2. The molecule has 0 spiro atoms. The number of hydrogen-bond acceptors (Lipinski definition) is 2. The van der Waals surface area contributed by atoms with Gasteiger partial charge in [0, 0.05) is 10.6 Å². The molecule has 0 saturated carbocycles. The molecule has 0 aliphatic rings. The molecule has 1 rings (SSSR count). The van der Waals surface area contributed by atoms with Gasteiger partial charge in [-0.1, -0.05) is 29.8 Å². The average molecular weight is 239 g/mol. The van der Waals surface area contributed by atoms with Crippen molar-refractivity contribution in [1.82, 2.24) is 0 Å². The number of alkyl halides is 3. The molecule has 0 aliphatic carbocycles. The van der Waals surface area contributed by atoms with Crippen LogP contribution in [0.1, 0.15) is 5.56 Å². The van der Waals surface area contributed by atoms with Crippen molar-refractivity contribution < 1.29 is 22.7 Å². The van der Waals surface area contributed by atoms with E-state index in [0.717, 1.165) is 0 Å². The molecule has 0 radical (unpaired) electrons. The monoisotopic (exact) mass is 238 g/mol. The molecule has 15 heavy (non-hydrogen) atoms. The molecule has 0 unspecified atom stereocenters. The van der Waals surface area contributed by atoms with Crippen LogP contribution in [-0.4, -0.2) is 12.1 Å². The van der Waals surface area contributed by atoms with E-state index in [4.69, 9.17) is 11.6 Å². The zero-order chi connectivity index (χ0) is 11.5. The van der Waals surface area contributed by atoms with E-state index in [1.165, 1.54) is 12.1 Å². The van der Waals surface area contributed by atoms with Gasteiger partial charge in [-0.15, -0.1) is 0 Å². The minimum atomic E-state index is -4.97. The Morgan fingerprint density at radius 3 is 2.47 bits per heavy atom. The van der Waals surface area contributed by atoms with Gasteiger partial charge in [-0.05, 0) is 6.07 Å². The van der Waals surface area contributed by atoms with Crippen LogP contribution in [0.15, 0.2) is 24.3 Å². The third kappa shape index (κ3) is 3.43. The van der Waals surface area contributed by atoms with E-state index in [1.54, 1.807) is 12.1 Å². The number of carbonyl (C=O) groups is 1. The lowest BCUT2D eigenvalue weighted by Gasteiger charge is -2.07. The number of halogens is 4. The van der Waals surface area contributed by atoms with E-state index < -0.39 is 18.8 Å². The second-order valence-corrected chi connectivity index (χ2v) is 3.07. The lowest BCUT2D eigenvalue weighted by atomic mass is 10.2. The average Bonchev–Trinajstić information content (AvgIpc) is 2.14. The Kier molecular flexibility index (Phi) is 3.57. The highest BCUT2D eigenvalue weighted by Gasteiger charge is 2.40. The Hall–Kier alpha value is -1.23. The van der Waals surface area contributed by atoms with Gasteiger partial charge in [0.1, 0.15) is 6.61 Å². The zero-order valence-electron chi connectivity index (χ0n) is 7.34. The summed E-state index contributed by atoms with van der Waals surface area (Å²) < 4.78 is 39.3. The van der Waals surface area contributed by atoms with Crippen LogP contribution < -0.4 is 0 Å². The second kappa shape index (κ2) is 4.53. The minimum Gasteiger partial charge on any atom is -0.454 e. The highest BCUT2D eigenvalue weighted by molar-refractivity contribution is 6.31. The van der Waals surface area contributed by atoms with Gasteiger partial charge in [-0.3, -0.25) is 0 Å². The maximum atomic E-state index is 11.7. The molecule has 82 valence electrons. The topological polar surface area (TPSA) is 26.3 Å². The second-order valence-electron chi connectivity index (χ2n) is 2.67. The smallest absolute Gasteiger partial charge is 0.454 e. The molecule has 0 amide bonds. The summed E-state index contributed by atoms with van der Waals surface area (Å²) in [5.74, 6) is -2.22. The third-order valence-electron chi connectivity index (χ3n) is 1.55. The van der Waals surface area contributed by atoms with Crippen LogP contribution in [0, 0.1) is 0 Å². The number of esters is 1. The Bertz CT molecular complexity index is 363.